The molecule has 0 spiro atoms. The highest BCUT2D eigenvalue weighted by atomic mass is 16.3. The predicted octanol–water partition coefficient (Wildman–Crippen LogP) is 11.5. The lowest BCUT2D eigenvalue weighted by Crippen LogP contribution is -2.00. The van der Waals surface area contributed by atoms with Crippen molar-refractivity contribution in [2.45, 2.75) is 0 Å². The van der Waals surface area contributed by atoms with Gasteiger partial charge in [0, 0.05) is 43.8 Å². The molecule has 3 heterocycles. The van der Waals surface area contributed by atoms with E-state index in [0.717, 1.165) is 71.7 Å². The fourth-order valence-electron chi connectivity index (χ4n) is 6.82. The summed E-state index contributed by atoms with van der Waals surface area (Å²) in [5, 5.41) is 6.70. The lowest BCUT2D eigenvalue weighted by atomic mass is 9.98. The van der Waals surface area contributed by atoms with Crippen molar-refractivity contribution in [1.82, 2.24) is 15.0 Å². The van der Waals surface area contributed by atoms with E-state index in [1.165, 1.54) is 10.8 Å². The van der Waals surface area contributed by atoms with Crippen LogP contribution < -0.4 is 0 Å². The Hall–Kier alpha value is -6.59. The normalized spacial score (nSPS) is 11.8. The molecule has 7 aromatic carbocycles. The van der Waals surface area contributed by atoms with Crippen molar-refractivity contribution in [1.29, 1.82) is 0 Å². The fraction of sp³-hybridized carbons (Fsp3) is 0. The molecule has 0 saturated carbocycles. The number of hydrogen-bond acceptors (Lipinski definition) is 5. The van der Waals surface area contributed by atoms with Gasteiger partial charge in [0.05, 0.1) is 0 Å². The SMILES string of the molecule is c1ccc(-c2nc(-c3ccccc3)nc(-c3ccc4c(c3)oc3c(-c5ccc6oc7ccc8ccccc8c7c6c5)cccc34)n2)cc1. The van der Waals surface area contributed by atoms with Gasteiger partial charge in [-0.2, -0.15) is 0 Å². The molecular weight excluding hydrogens is 590 g/mol. The molecule has 0 aliphatic heterocycles. The van der Waals surface area contributed by atoms with E-state index in [4.69, 9.17) is 23.8 Å². The summed E-state index contributed by atoms with van der Waals surface area (Å²) >= 11 is 0. The van der Waals surface area contributed by atoms with E-state index in [9.17, 15) is 0 Å². The van der Waals surface area contributed by atoms with E-state index < -0.39 is 0 Å². The van der Waals surface area contributed by atoms with Crippen molar-refractivity contribution in [2.75, 3.05) is 0 Å². The number of para-hydroxylation sites is 1. The minimum atomic E-state index is 0.592. The zero-order chi connectivity index (χ0) is 31.6. The molecular formula is C43H25N3O2. The number of fused-ring (bicyclic) bond motifs is 8. The van der Waals surface area contributed by atoms with E-state index in [2.05, 4.69) is 84.9 Å². The van der Waals surface area contributed by atoms with Crippen LogP contribution in [0.25, 0.3) is 99.9 Å². The van der Waals surface area contributed by atoms with Crippen molar-refractivity contribution in [3.05, 3.63) is 152 Å². The maximum atomic E-state index is 6.69. The fourth-order valence-corrected chi connectivity index (χ4v) is 6.82. The second-order valence-corrected chi connectivity index (χ2v) is 12.0. The number of nitrogens with zero attached hydrogens (tertiary/aromatic N) is 3. The lowest BCUT2D eigenvalue weighted by Gasteiger charge is -2.08. The Labute approximate surface area is 274 Å². The summed E-state index contributed by atoms with van der Waals surface area (Å²) in [7, 11) is 0. The monoisotopic (exact) mass is 615 g/mol. The van der Waals surface area contributed by atoms with Gasteiger partial charge in [0.15, 0.2) is 17.5 Å². The first-order valence-corrected chi connectivity index (χ1v) is 15.9. The van der Waals surface area contributed by atoms with Crippen LogP contribution in [0.2, 0.25) is 0 Å². The van der Waals surface area contributed by atoms with Gasteiger partial charge >= 0.3 is 0 Å². The van der Waals surface area contributed by atoms with Gasteiger partial charge in [-0.15, -0.1) is 0 Å². The number of hydrogen-bond donors (Lipinski definition) is 0. The van der Waals surface area contributed by atoms with Crippen LogP contribution in [0.1, 0.15) is 0 Å². The molecule has 0 atom stereocenters. The molecule has 5 nitrogen and oxygen atoms in total. The molecule has 0 amide bonds. The van der Waals surface area contributed by atoms with Crippen LogP contribution in [0.15, 0.2) is 160 Å². The molecule has 224 valence electrons. The topological polar surface area (TPSA) is 65.0 Å². The maximum absolute atomic E-state index is 6.69. The summed E-state index contributed by atoms with van der Waals surface area (Å²) in [4.78, 5) is 14.7. The van der Waals surface area contributed by atoms with E-state index in [1.54, 1.807) is 0 Å². The summed E-state index contributed by atoms with van der Waals surface area (Å²) in [5.41, 5.74) is 8.20. The third-order valence-corrected chi connectivity index (χ3v) is 9.13. The molecule has 0 bridgehead atoms. The number of rotatable bonds is 4. The second-order valence-electron chi connectivity index (χ2n) is 12.0. The Balaban J connectivity index is 1.13. The summed E-state index contributed by atoms with van der Waals surface area (Å²) in [5.74, 6) is 1.84. The minimum Gasteiger partial charge on any atom is -0.456 e. The van der Waals surface area contributed by atoms with Gasteiger partial charge in [-0.25, -0.2) is 15.0 Å². The van der Waals surface area contributed by atoms with Crippen LogP contribution in [-0.2, 0) is 0 Å². The molecule has 10 aromatic rings. The molecule has 0 fully saturated rings. The molecule has 0 saturated heterocycles. The van der Waals surface area contributed by atoms with Gasteiger partial charge in [0.25, 0.3) is 0 Å². The highest BCUT2D eigenvalue weighted by molar-refractivity contribution is 6.19. The molecule has 0 aliphatic rings. The minimum absolute atomic E-state index is 0.592. The highest BCUT2D eigenvalue weighted by Gasteiger charge is 2.18. The van der Waals surface area contributed by atoms with Crippen LogP contribution >= 0.6 is 0 Å². The Kier molecular flexibility index (Phi) is 5.81. The smallest absolute Gasteiger partial charge is 0.164 e. The second kappa shape index (κ2) is 10.5. The lowest BCUT2D eigenvalue weighted by molar-refractivity contribution is 0.668. The van der Waals surface area contributed by atoms with Crippen LogP contribution in [0.4, 0.5) is 0 Å². The van der Waals surface area contributed by atoms with Gasteiger partial charge in [0.1, 0.15) is 22.3 Å². The first-order chi connectivity index (χ1) is 23.8. The van der Waals surface area contributed by atoms with Crippen molar-refractivity contribution in [3.63, 3.8) is 0 Å². The molecule has 0 radical (unpaired) electrons. The quantitative estimate of drug-likeness (QED) is 0.197. The zero-order valence-corrected chi connectivity index (χ0v) is 25.6. The average Bonchev–Trinajstić information content (AvgIpc) is 3.73. The van der Waals surface area contributed by atoms with Gasteiger partial charge in [0.2, 0.25) is 0 Å². The van der Waals surface area contributed by atoms with Crippen LogP contribution in [0, 0.1) is 0 Å². The van der Waals surface area contributed by atoms with Crippen LogP contribution in [0.3, 0.4) is 0 Å². The number of benzene rings is 7. The third-order valence-electron chi connectivity index (χ3n) is 9.13. The molecule has 10 rings (SSSR count). The Morgan fingerprint density at radius 2 is 1.00 bits per heavy atom. The zero-order valence-electron chi connectivity index (χ0n) is 25.6. The van der Waals surface area contributed by atoms with Gasteiger partial charge in [-0.3, -0.25) is 0 Å². The first kappa shape index (κ1) is 26.6. The van der Waals surface area contributed by atoms with E-state index in [0.29, 0.717) is 17.5 Å². The summed E-state index contributed by atoms with van der Waals surface area (Å²) in [6.45, 7) is 0. The predicted molar refractivity (Wildman–Crippen MR) is 194 cm³/mol. The third kappa shape index (κ3) is 4.22. The molecule has 0 N–H and O–H groups in total. The van der Waals surface area contributed by atoms with Crippen molar-refractivity contribution < 1.29 is 8.83 Å². The van der Waals surface area contributed by atoms with Gasteiger partial charge < -0.3 is 8.83 Å². The van der Waals surface area contributed by atoms with E-state index in [1.807, 2.05) is 66.7 Å². The van der Waals surface area contributed by atoms with Crippen LogP contribution in [-0.4, -0.2) is 15.0 Å². The van der Waals surface area contributed by atoms with E-state index in [-0.39, 0.29) is 0 Å². The van der Waals surface area contributed by atoms with E-state index >= 15 is 0 Å². The summed E-state index contributed by atoms with van der Waals surface area (Å²) < 4.78 is 13.0. The largest absolute Gasteiger partial charge is 0.456 e. The number of furan rings is 2. The van der Waals surface area contributed by atoms with Crippen LogP contribution in [0.5, 0.6) is 0 Å². The molecule has 3 aromatic heterocycles. The Bertz CT molecular complexity index is 2780. The van der Waals surface area contributed by atoms with Gasteiger partial charge in [-0.1, -0.05) is 121 Å². The first-order valence-electron chi connectivity index (χ1n) is 15.9. The van der Waals surface area contributed by atoms with Crippen molar-refractivity contribution in [2.24, 2.45) is 0 Å². The molecule has 0 unspecified atom stereocenters. The van der Waals surface area contributed by atoms with Crippen molar-refractivity contribution >= 4 is 54.6 Å². The Morgan fingerprint density at radius 1 is 0.354 bits per heavy atom. The average molecular weight is 616 g/mol. The van der Waals surface area contributed by atoms with Crippen molar-refractivity contribution in [3.8, 4) is 45.3 Å². The summed E-state index contributed by atoms with van der Waals surface area (Å²) in [6, 6.07) is 51.6. The maximum Gasteiger partial charge on any atom is 0.164 e. The standard InChI is InChI=1S/C43H25N3O2/c1-3-11-27(12-4-1)41-44-42(28-13-5-2-6-14-28)46-43(45-41)30-18-21-33-34-17-9-16-32(40(34)48-38(33)25-30)29-20-22-36-35(24-29)39-31-15-8-7-10-26(31)19-23-37(39)47-36/h1-25H. The highest BCUT2D eigenvalue weighted by Crippen LogP contribution is 2.41. The molecule has 5 heteroatoms. The summed E-state index contributed by atoms with van der Waals surface area (Å²) in [6.07, 6.45) is 0. The molecule has 0 aliphatic carbocycles. The van der Waals surface area contributed by atoms with Gasteiger partial charge in [-0.05, 0) is 46.7 Å². The Morgan fingerprint density at radius 3 is 1.77 bits per heavy atom. The number of aromatic nitrogens is 3. The molecule has 48 heavy (non-hydrogen) atoms.